The third-order valence-corrected chi connectivity index (χ3v) is 5.89. The van der Waals surface area contributed by atoms with Gasteiger partial charge in [0.05, 0.1) is 0 Å². The lowest BCUT2D eigenvalue weighted by Crippen LogP contribution is -2.52. The summed E-state index contributed by atoms with van der Waals surface area (Å²) in [6.45, 7) is 7.47. The number of rotatable bonds is 6. The van der Waals surface area contributed by atoms with Crippen molar-refractivity contribution in [2.75, 3.05) is 31.9 Å². The summed E-state index contributed by atoms with van der Waals surface area (Å²) in [5, 5.41) is 0. The molecule has 2 N–H and O–H groups in total. The van der Waals surface area contributed by atoms with Crippen LogP contribution in [0, 0.1) is 5.92 Å². The lowest BCUT2D eigenvalue weighted by molar-refractivity contribution is -0.132. The topological polar surface area (TPSA) is 83.7 Å². The first kappa shape index (κ1) is 20.6. The van der Waals surface area contributed by atoms with Gasteiger partial charge in [-0.2, -0.15) is 0 Å². The van der Waals surface area contributed by atoms with Gasteiger partial charge in [-0.05, 0) is 18.8 Å². The number of piperidine rings is 1. The van der Waals surface area contributed by atoms with E-state index in [1.807, 2.05) is 0 Å². The van der Waals surface area contributed by atoms with E-state index in [9.17, 15) is 13.2 Å². The van der Waals surface area contributed by atoms with Gasteiger partial charge in [0.2, 0.25) is 15.9 Å². The van der Waals surface area contributed by atoms with Gasteiger partial charge in [0.1, 0.15) is 5.75 Å². The number of hydrogen-bond acceptors (Lipinski definition) is 4. The van der Waals surface area contributed by atoms with Gasteiger partial charge < -0.3 is 10.6 Å². The Labute approximate surface area is 134 Å². The summed E-state index contributed by atoms with van der Waals surface area (Å²) in [6, 6.07) is -0.0295. The Hall–Kier alpha value is -0.370. The van der Waals surface area contributed by atoms with Crippen LogP contribution in [0.15, 0.2) is 0 Å². The number of carbonyl (C=O) groups excluding carboxylic acids is 1. The van der Waals surface area contributed by atoms with Crippen molar-refractivity contribution in [3.05, 3.63) is 0 Å². The van der Waals surface area contributed by atoms with E-state index in [2.05, 4.69) is 6.92 Å². The van der Waals surface area contributed by atoms with E-state index in [-0.39, 0.29) is 24.4 Å². The molecule has 0 aromatic carbocycles. The molecule has 0 aromatic heterocycles. The molecular formula is C13H28ClN3O3S. The number of amides is 1. The van der Waals surface area contributed by atoms with Crippen molar-refractivity contribution in [1.82, 2.24) is 9.21 Å². The third kappa shape index (κ3) is 5.39. The summed E-state index contributed by atoms with van der Waals surface area (Å²) in [7, 11) is -3.51. The lowest BCUT2D eigenvalue weighted by Gasteiger charge is -2.38. The number of nitrogens with two attached hydrogens (primary N) is 1. The predicted molar refractivity (Wildman–Crippen MR) is 86.9 cm³/mol. The third-order valence-electron chi connectivity index (χ3n) is 3.98. The van der Waals surface area contributed by atoms with Gasteiger partial charge in [-0.25, -0.2) is 12.7 Å². The molecule has 6 nitrogen and oxygen atoms in total. The number of hydrogen-bond donors (Lipinski definition) is 1. The monoisotopic (exact) mass is 341 g/mol. The molecule has 1 heterocycles. The van der Waals surface area contributed by atoms with Crippen LogP contribution < -0.4 is 5.73 Å². The second-order valence-corrected chi connectivity index (χ2v) is 7.42. The minimum Gasteiger partial charge on any atom is -0.338 e. The number of halogens is 1. The molecule has 0 radical (unpaired) electrons. The first-order valence-corrected chi connectivity index (χ1v) is 8.93. The van der Waals surface area contributed by atoms with Crippen molar-refractivity contribution in [2.24, 2.45) is 11.7 Å². The van der Waals surface area contributed by atoms with Crippen molar-refractivity contribution in [3.63, 3.8) is 0 Å². The highest BCUT2D eigenvalue weighted by atomic mass is 35.5. The largest absolute Gasteiger partial charge is 0.338 e. The zero-order valence-electron chi connectivity index (χ0n) is 13.1. The molecule has 8 heteroatoms. The summed E-state index contributed by atoms with van der Waals surface area (Å²) in [6.07, 6.45) is 1.76. The van der Waals surface area contributed by atoms with Gasteiger partial charge in [0.15, 0.2) is 0 Å². The Bertz CT molecular complexity index is 426. The molecule has 0 spiro atoms. The fraction of sp³-hybridized carbons (Fsp3) is 0.923. The van der Waals surface area contributed by atoms with E-state index in [4.69, 9.17) is 5.73 Å². The zero-order chi connectivity index (χ0) is 15.3. The molecule has 1 saturated heterocycles. The first-order valence-electron chi connectivity index (χ1n) is 7.33. The second kappa shape index (κ2) is 8.92. The summed E-state index contributed by atoms with van der Waals surface area (Å²) < 4.78 is 25.6. The average molecular weight is 342 g/mol. The van der Waals surface area contributed by atoms with Crippen LogP contribution in [0.4, 0.5) is 0 Å². The van der Waals surface area contributed by atoms with E-state index >= 15 is 0 Å². The SMILES string of the molecule is CCN(CC)S(=O)(=O)CC(=O)N1CCC(C)CC1CN.Cl. The average Bonchev–Trinajstić information content (AvgIpc) is 2.38. The van der Waals surface area contributed by atoms with Crippen LogP contribution in [0.25, 0.3) is 0 Å². The molecule has 0 aliphatic carbocycles. The van der Waals surface area contributed by atoms with E-state index in [0.29, 0.717) is 32.1 Å². The van der Waals surface area contributed by atoms with Crippen LogP contribution in [0.3, 0.4) is 0 Å². The minimum atomic E-state index is -3.51. The van der Waals surface area contributed by atoms with Gasteiger partial charge >= 0.3 is 0 Å². The highest BCUT2D eigenvalue weighted by molar-refractivity contribution is 7.89. The Morgan fingerprint density at radius 1 is 1.33 bits per heavy atom. The summed E-state index contributed by atoms with van der Waals surface area (Å²) in [5.74, 6) is -0.231. The molecule has 2 atom stereocenters. The van der Waals surface area contributed by atoms with Crippen LogP contribution in [0.2, 0.25) is 0 Å². The molecule has 0 saturated carbocycles. The molecule has 1 aliphatic rings. The van der Waals surface area contributed by atoms with E-state index < -0.39 is 15.8 Å². The lowest BCUT2D eigenvalue weighted by atomic mass is 9.92. The molecule has 2 unspecified atom stereocenters. The van der Waals surface area contributed by atoms with E-state index in [1.165, 1.54) is 4.31 Å². The maximum absolute atomic E-state index is 12.3. The van der Waals surface area contributed by atoms with Gasteiger partial charge in [-0.15, -0.1) is 12.4 Å². The fourth-order valence-electron chi connectivity index (χ4n) is 2.75. The molecule has 1 rings (SSSR count). The summed E-state index contributed by atoms with van der Waals surface area (Å²) in [5.41, 5.74) is 5.72. The Morgan fingerprint density at radius 2 is 1.90 bits per heavy atom. The Morgan fingerprint density at radius 3 is 2.38 bits per heavy atom. The summed E-state index contributed by atoms with van der Waals surface area (Å²) >= 11 is 0. The molecule has 21 heavy (non-hydrogen) atoms. The Balaban J connectivity index is 0.00000400. The van der Waals surface area contributed by atoms with Crippen LogP contribution in [-0.4, -0.2) is 61.5 Å². The van der Waals surface area contributed by atoms with E-state index in [1.54, 1.807) is 18.7 Å². The highest BCUT2D eigenvalue weighted by Crippen LogP contribution is 2.22. The molecule has 1 aliphatic heterocycles. The number of nitrogens with zero attached hydrogens (tertiary/aromatic N) is 2. The summed E-state index contributed by atoms with van der Waals surface area (Å²) in [4.78, 5) is 13.9. The van der Waals surface area contributed by atoms with Gasteiger partial charge in [-0.3, -0.25) is 4.79 Å². The maximum atomic E-state index is 12.3. The first-order chi connectivity index (χ1) is 9.35. The van der Waals surface area contributed by atoms with Crippen LogP contribution >= 0.6 is 12.4 Å². The van der Waals surface area contributed by atoms with Gasteiger partial charge in [0, 0.05) is 32.2 Å². The zero-order valence-corrected chi connectivity index (χ0v) is 14.8. The van der Waals surface area contributed by atoms with E-state index in [0.717, 1.165) is 12.8 Å². The van der Waals surface area contributed by atoms with Crippen molar-refractivity contribution in [3.8, 4) is 0 Å². The predicted octanol–water partition coefficient (Wildman–Crippen LogP) is 0.666. The normalized spacial score (nSPS) is 23.0. The second-order valence-electron chi connectivity index (χ2n) is 5.45. The molecule has 1 fully saturated rings. The quantitative estimate of drug-likeness (QED) is 0.769. The number of sulfonamides is 1. The smallest absolute Gasteiger partial charge is 0.239 e. The molecular weight excluding hydrogens is 314 g/mol. The van der Waals surface area contributed by atoms with Crippen molar-refractivity contribution in [1.29, 1.82) is 0 Å². The van der Waals surface area contributed by atoms with Crippen molar-refractivity contribution < 1.29 is 13.2 Å². The van der Waals surface area contributed by atoms with Crippen molar-refractivity contribution >= 4 is 28.3 Å². The minimum absolute atomic E-state index is 0. The number of likely N-dealkylation sites (tertiary alicyclic amines) is 1. The van der Waals surface area contributed by atoms with Crippen LogP contribution in [0.1, 0.15) is 33.6 Å². The van der Waals surface area contributed by atoms with Crippen LogP contribution in [0.5, 0.6) is 0 Å². The number of carbonyl (C=O) groups is 1. The fourth-order valence-corrected chi connectivity index (χ4v) is 4.20. The van der Waals surface area contributed by atoms with Gasteiger partial charge in [-0.1, -0.05) is 20.8 Å². The standard InChI is InChI=1S/C13H27N3O3S.ClH/c1-4-15(5-2)20(18,19)10-13(17)16-7-6-11(3)8-12(16)9-14;/h11-12H,4-10,14H2,1-3H3;1H. The molecule has 1 amide bonds. The van der Waals surface area contributed by atoms with Crippen LogP contribution in [-0.2, 0) is 14.8 Å². The van der Waals surface area contributed by atoms with Crippen molar-refractivity contribution in [2.45, 2.75) is 39.7 Å². The molecule has 126 valence electrons. The highest BCUT2D eigenvalue weighted by Gasteiger charge is 2.32. The van der Waals surface area contributed by atoms with Gasteiger partial charge in [0.25, 0.3) is 0 Å². The molecule has 0 aromatic rings. The molecule has 0 bridgehead atoms. The Kier molecular flexibility index (Phi) is 8.77. The maximum Gasteiger partial charge on any atom is 0.239 e.